The van der Waals surface area contributed by atoms with Gasteiger partial charge in [0.1, 0.15) is 0 Å². The second-order valence-corrected chi connectivity index (χ2v) is 15.2. The first-order chi connectivity index (χ1) is 29.1. The van der Waals surface area contributed by atoms with Crippen LogP contribution in [0.1, 0.15) is 57.5 Å². The molecule has 5 aromatic carbocycles. The summed E-state index contributed by atoms with van der Waals surface area (Å²) in [7, 11) is 0. The van der Waals surface area contributed by atoms with Crippen LogP contribution in [-0.4, -0.2) is 15.0 Å². The van der Waals surface area contributed by atoms with Gasteiger partial charge in [0.05, 0.1) is 51.5 Å². The van der Waals surface area contributed by atoms with Gasteiger partial charge in [-0.2, -0.15) is 10.5 Å². The van der Waals surface area contributed by atoms with Crippen molar-refractivity contribution in [1.82, 2.24) is 15.0 Å². The molecule has 6 heteroatoms. The molecule has 0 bridgehead atoms. The number of pyridine rings is 3. The van der Waals surface area contributed by atoms with Gasteiger partial charge in [0.15, 0.2) is 0 Å². The van der Waals surface area contributed by atoms with E-state index in [1.165, 1.54) is 55.3 Å². The Balaban J connectivity index is 1.21. The van der Waals surface area contributed by atoms with Crippen LogP contribution in [-0.2, 0) is 5.41 Å². The summed E-state index contributed by atoms with van der Waals surface area (Å²) in [6.07, 6.45) is 11.5. The topological polar surface area (TPSA) is 112 Å². The van der Waals surface area contributed by atoms with Crippen LogP contribution in [0.3, 0.4) is 0 Å². The maximum atomic E-state index is 9.52. The van der Waals surface area contributed by atoms with E-state index in [2.05, 4.69) is 143 Å². The van der Waals surface area contributed by atoms with Crippen molar-refractivity contribution in [2.24, 2.45) is 11.7 Å². The molecule has 1 fully saturated rings. The van der Waals surface area contributed by atoms with Crippen molar-refractivity contribution in [2.75, 3.05) is 0 Å². The highest BCUT2D eigenvalue weighted by atomic mass is 14.8. The van der Waals surface area contributed by atoms with E-state index in [0.29, 0.717) is 39.8 Å². The third-order valence-electron chi connectivity index (χ3n) is 11.8. The lowest BCUT2D eigenvalue weighted by atomic mass is 9.67. The molecule has 10 rings (SSSR count). The third kappa shape index (κ3) is 6.07. The molecule has 2 N–H and O–H groups in total. The Morgan fingerprint density at radius 1 is 0.610 bits per heavy atom. The number of fused-ring (bicyclic) bond motifs is 5. The molecular formula is C53H36N6. The average molecular weight is 757 g/mol. The lowest BCUT2D eigenvalue weighted by Gasteiger charge is -2.34. The number of hydrogen-bond donors (Lipinski definition) is 1. The van der Waals surface area contributed by atoms with Gasteiger partial charge in [0.25, 0.3) is 0 Å². The predicted molar refractivity (Wildman–Crippen MR) is 234 cm³/mol. The van der Waals surface area contributed by atoms with Crippen molar-refractivity contribution < 1.29 is 0 Å². The first kappa shape index (κ1) is 35.5. The highest BCUT2D eigenvalue weighted by Crippen LogP contribution is 2.60. The normalized spacial score (nSPS) is 14.3. The fourth-order valence-corrected chi connectivity index (χ4v) is 8.88. The quantitative estimate of drug-likeness (QED) is 0.154. The predicted octanol–water partition coefficient (Wildman–Crippen LogP) is 11.3. The summed E-state index contributed by atoms with van der Waals surface area (Å²) in [4.78, 5) is 13.8. The summed E-state index contributed by atoms with van der Waals surface area (Å²) in [5.41, 5.74) is 21.3. The van der Waals surface area contributed by atoms with E-state index in [1.807, 2.05) is 18.3 Å². The molecule has 0 spiro atoms. The van der Waals surface area contributed by atoms with Crippen LogP contribution in [0.4, 0.5) is 0 Å². The Hall–Kier alpha value is -7.93. The van der Waals surface area contributed by atoms with Crippen molar-refractivity contribution in [2.45, 2.75) is 18.3 Å². The molecule has 278 valence electrons. The van der Waals surface area contributed by atoms with Crippen LogP contribution < -0.4 is 5.73 Å². The van der Waals surface area contributed by atoms with Gasteiger partial charge in [-0.15, -0.1) is 0 Å². The van der Waals surface area contributed by atoms with Gasteiger partial charge in [0, 0.05) is 24.2 Å². The number of nitrogens with zero attached hydrogens (tertiary/aromatic N) is 5. The summed E-state index contributed by atoms with van der Waals surface area (Å²) in [6, 6.07) is 55.2. The van der Waals surface area contributed by atoms with Crippen LogP contribution >= 0.6 is 0 Å². The van der Waals surface area contributed by atoms with E-state index in [9.17, 15) is 10.5 Å². The molecule has 3 aromatic heterocycles. The van der Waals surface area contributed by atoms with Crippen LogP contribution in [0.2, 0.25) is 0 Å². The maximum Gasteiger partial charge on any atom is 0.0992 e. The first-order valence-corrected chi connectivity index (χ1v) is 19.8. The fraction of sp³-hybridized carbons (Fsp3) is 0.0755. The molecule has 2 aliphatic carbocycles. The van der Waals surface area contributed by atoms with E-state index >= 15 is 0 Å². The minimum atomic E-state index is -0.651. The molecule has 2 aliphatic rings. The largest absolute Gasteiger partial charge is 0.397 e. The second-order valence-electron chi connectivity index (χ2n) is 15.2. The van der Waals surface area contributed by atoms with Crippen LogP contribution in [0.15, 0.2) is 176 Å². The Kier molecular flexibility index (Phi) is 8.74. The van der Waals surface area contributed by atoms with Gasteiger partial charge >= 0.3 is 0 Å². The zero-order valence-corrected chi connectivity index (χ0v) is 32.0. The number of aromatic nitrogens is 3. The monoisotopic (exact) mass is 756 g/mol. The van der Waals surface area contributed by atoms with Crippen molar-refractivity contribution in [3.8, 4) is 45.8 Å². The van der Waals surface area contributed by atoms with Crippen molar-refractivity contribution in [1.29, 1.82) is 10.5 Å². The summed E-state index contributed by atoms with van der Waals surface area (Å²) >= 11 is 0. The molecule has 0 amide bonds. The van der Waals surface area contributed by atoms with Crippen LogP contribution in [0, 0.1) is 28.6 Å². The highest BCUT2D eigenvalue weighted by Gasteiger charge is 2.47. The van der Waals surface area contributed by atoms with Gasteiger partial charge < -0.3 is 5.73 Å². The summed E-state index contributed by atoms with van der Waals surface area (Å²) in [5.74, 6) is 0.394. The molecule has 3 heterocycles. The number of hydrogen-bond acceptors (Lipinski definition) is 6. The van der Waals surface area contributed by atoms with E-state index in [-0.39, 0.29) is 0 Å². The van der Waals surface area contributed by atoms with Crippen molar-refractivity contribution >= 4 is 22.0 Å². The molecule has 1 saturated carbocycles. The van der Waals surface area contributed by atoms with Gasteiger partial charge in [-0.25, -0.2) is 0 Å². The second kappa shape index (κ2) is 14.5. The zero-order chi connectivity index (χ0) is 39.9. The molecule has 6 nitrogen and oxygen atoms in total. The van der Waals surface area contributed by atoms with Gasteiger partial charge in [-0.3, -0.25) is 15.0 Å². The van der Waals surface area contributed by atoms with E-state index in [4.69, 9.17) is 10.7 Å². The standard InChI is InChI=1S/C53H36N6/c54-31-34-23-25-57-50(27-34)48(56)21-20-41(36-15-16-36)45-30-47-52(43-14-8-7-13-42(43)45)44-19-17-37(38-18-22-49(59-33-38)51-28-35(32-55)24-26-58-51)29-46(44)53(47,39-9-3-1-4-10-39)40-11-5-2-6-12-40/h1-14,17-30,33,36H,15-16,56H2/b41-20+,48-21-. The molecule has 0 unspecified atom stereocenters. The van der Waals surface area contributed by atoms with E-state index < -0.39 is 5.41 Å². The lowest BCUT2D eigenvalue weighted by molar-refractivity contribution is 0.769. The molecule has 59 heavy (non-hydrogen) atoms. The number of nitriles is 2. The summed E-state index contributed by atoms with van der Waals surface area (Å²) in [6.45, 7) is 0. The molecule has 0 aliphatic heterocycles. The van der Waals surface area contributed by atoms with Gasteiger partial charge in [-0.1, -0.05) is 109 Å². The number of nitrogens with two attached hydrogens (primary N) is 1. The molecule has 8 aromatic rings. The average Bonchev–Trinajstić information content (AvgIpc) is 4.11. The van der Waals surface area contributed by atoms with Crippen LogP contribution in [0.25, 0.3) is 55.7 Å². The maximum absolute atomic E-state index is 9.52. The summed E-state index contributed by atoms with van der Waals surface area (Å²) < 4.78 is 0. The fourth-order valence-electron chi connectivity index (χ4n) is 8.88. The zero-order valence-electron chi connectivity index (χ0n) is 32.0. The first-order valence-electron chi connectivity index (χ1n) is 19.8. The van der Waals surface area contributed by atoms with Gasteiger partial charge in [-0.05, 0) is 128 Å². The number of allylic oxidation sites excluding steroid dienone is 3. The minimum Gasteiger partial charge on any atom is -0.397 e. The Morgan fingerprint density at radius 3 is 1.95 bits per heavy atom. The van der Waals surface area contributed by atoms with E-state index in [0.717, 1.165) is 24.0 Å². The highest BCUT2D eigenvalue weighted by molar-refractivity contribution is 6.09. The summed E-state index contributed by atoms with van der Waals surface area (Å²) in [5, 5.41) is 21.4. The molecule has 0 saturated heterocycles. The SMILES string of the molecule is N#Cc1ccnc(/C(N)=C/C=C(/c2cc3c(c4ccccc24)-c2ccc(-c4ccc(-c5cc(C#N)ccn5)nc4)cc2C3(c2ccccc2)c2ccccc2)C2CC2)c1. The van der Waals surface area contributed by atoms with Crippen LogP contribution in [0.5, 0.6) is 0 Å². The number of benzene rings is 5. The van der Waals surface area contributed by atoms with Crippen molar-refractivity contribution in [3.05, 3.63) is 221 Å². The number of rotatable bonds is 8. The molecular weight excluding hydrogens is 721 g/mol. The Morgan fingerprint density at radius 2 is 1.27 bits per heavy atom. The molecule has 0 radical (unpaired) electrons. The third-order valence-corrected chi connectivity index (χ3v) is 11.8. The Bertz CT molecular complexity index is 3040. The van der Waals surface area contributed by atoms with Crippen molar-refractivity contribution in [3.63, 3.8) is 0 Å². The lowest BCUT2D eigenvalue weighted by Crippen LogP contribution is -2.28. The Labute approximate surface area is 342 Å². The van der Waals surface area contributed by atoms with E-state index in [1.54, 1.807) is 36.7 Å². The smallest absolute Gasteiger partial charge is 0.0992 e. The minimum absolute atomic E-state index is 0.394. The van der Waals surface area contributed by atoms with Gasteiger partial charge in [0.2, 0.25) is 0 Å². The molecule has 0 atom stereocenters.